The van der Waals surface area contributed by atoms with Crippen LogP contribution in [0, 0.1) is 0 Å². The van der Waals surface area contributed by atoms with Gasteiger partial charge in [-0.15, -0.1) is 0 Å². The van der Waals surface area contributed by atoms with E-state index in [1.807, 2.05) is 0 Å². The van der Waals surface area contributed by atoms with Crippen LogP contribution in [-0.2, 0) is 20.0 Å². The molecule has 0 aromatic heterocycles. The number of rotatable bonds is 0. The maximum atomic E-state index is 2.72. The summed E-state index contributed by atoms with van der Waals surface area (Å²) in [4.78, 5) is 0. The first-order chi connectivity index (χ1) is 12.0. The Hall–Kier alpha value is -1.21. The van der Waals surface area contributed by atoms with Gasteiger partial charge in [-0.25, -0.2) is 0 Å². The van der Waals surface area contributed by atoms with Crippen LogP contribution in [0.2, 0.25) is 9.36 Å². The van der Waals surface area contributed by atoms with Crippen LogP contribution in [0.25, 0.3) is 11.1 Å². The van der Waals surface area contributed by atoms with Gasteiger partial charge in [0.2, 0.25) is 0 Å². The molecule has 2 aromatic carbocycles. The molecule has 3 aliphatic rings. The Kier molecular flexibility index (Phi) is 3.45. The van der Waals surface area contributed by atoms with Crippen molar-refractivity contribution < 1.29 is 20.0 Å². The van der Waals surface area contributed by atoms with Crippen molar-refractivity contribution in [1.82, 2.24) is 0 Å². The SMILES string of the molecule is CC1=C2CCC3=C(C)[CH](c4ccccc43)[Hf]([CH3])([CH3])[CH]1c1ccccc12. The van der Waals surface area contributed by atoms with E-state index in [1.165, 1.54) is 12.8 Å². The van der Waals surface area contributed by atoms with Crippen molar-refractivity contribution in [3.05, 3.63) is 81.9 Å². The molecular formula is C24H26Hf. The molecule has 4 bridgehead atoms. The van der Waals surface area contributed by atoms with Gasteiger partial charge >= 0.3 is 156 Å². The van der Waals surface area contributed by atoms with Crippen molar-refractivity contribution in [2.75, 3.05) is 0 Å². The van der Waals surface area contributed by atoms with E-state index in [0.29, 0.717) is 0 Å². The van der Waals surface area contributed by atoms with Gasteiger partial charge in [-0.2, -0.15) is 0 Å². The molecule has 1 aliphatic heterocycles. The predicted molar refractivity (Wildman–Crippen MR) is 105 cm³/mol. The standard InChI is InChI=1S/C22H20.2CH3.Hf/c1-15-13-17-7-3-5-9-21(17)19(15)11-12-20-16(2)14-18-8-4-6-10-22(18)20;;;/h3-10,13-14H,11-12H2,1-2H3;2*1H3;. The third kappa shape index (κ3) is 2.02. The average molecular weight is 493 g/mol. The molecule has 0 saturated carbocycles. The molecule has 0 nitrogen and oxygen atoms in total. The van der Waals surface area contributed by atoms with E-state index in [9.17, 15) is 0 Å². The molecule has 1 heteroatoms. The van der Waals surface area contributed by atoms with Crippen molar-refractivity contribution >= 4 is 11.1 Å². The molecule has 0 amide bonds. The van der Waals surface area contributed by atoms with Crippen LogP contribution in [-0.4, -0.2) is 0 Å². The van der Waals surface area contributed by atoms with Crippen LogP contribution in [0.3, 0.4) is 0 Å². The van der Waals surface area contributed by atoms with Gasteiger partial charge in [0.25, 0.3) is 0 Å². The van der Waals surface area contributed by atoms with Gasteiger partial charge in [0.15, 0.2) is 0 Å². The number of allylic oxidation sites excluding steroid dienone is 4. The molecule has 1 heterocycles. The zero-order valence-corrected chi connectivity index (χ0v) is 19.3. The molecular weight excluding hydrogens is 467 g/mol. The van der Waals surface area contributed by atoms with Crippen molar-refractivity contribution in [3.63, 3.8) is 0 Å². The normalized spacial score (nSPS) is 26.1. The van der Waals surface area contributed by atoms with Gasteiger partial charge in [0.1, 0.15) is 0 Å². The van der Waals surface area contributed by atoms with Gasteiger partial charge in [-0.3, -0.25) is 0 Å². The monoisotopic (exact) mass is 494 g/mol. The molecule has 2 aromatic rings. The van der Waals surface area contributed by atoms with Crippen LogP contribution in [0.4, 0.5) is 0 Å². The van der Waals surface area contributed by atoms with Gasteiger partial charge in [0.05, 0.1) is 0 Å². The molecule has 2 aliphatic carbocycles. The van der Waals surface area contributed by atoms with E-state index in [2.05, 4.69) is 71.7 Å². The van der Waals surface area contributed by atoms with Crippen molar-refractivity contribution in [1.29, 1.82) is 0 Å². The third-order valence-electron chi connectivity index (χ3n) is 7.12. The predicted octanol–water partition coefficient (Wildman–Crippen LogP) is 7.09. The Morgan fingerprint density at radius 3 is 1.52 bits per heavy atom. The topological polar surface area (TPSA) is 0 Å². The van der Waals surface area contributed by atoms with Gasteiger partial charge < -0.3 is 0 Å². The Morgan fingerprint density at radius 2 is 1.08 bits per heavy atom. The summed E-state index contributed by atoms with van der Waals surface area (Å²) in [5.41, 5.74) is 13.2. The fourth-order valence-electron chi connectivity index (χ4n) is 6.28. The minimum absolute atomic E-state index is 0.740. The number of benzene rings is 2. The van der Waals surface area contributed by atoms with Crippen LogP contribution in [0.5, 0.6) is 0 Å². The summed E-state index contributed by atoms with van der Waals surface area (Å²) >= 11 is -2.71. The Labute approximate surface area is 156 Å². The Bertz CT molecular complexity index is 880. The summed E-state index contributed by atoms with van der Waals surface area (Å²) in [6.07, 6.45) is 2.41. The zero-order valence-electron chi connectivity index (χ0n) is 15.7. The second-order valence-corrected chi connectivity index (χ2v) is 25.9. The minimum atomic E-state index is -2.71. The van der Waals surface area contributed by atoms with Crippen LogP contribution >= 0.6 is 0 Å². The van der Waals surface area contributed by atoms with E-state index in [0.717, 1.165) is 7.35 Å². The van der Waals surface area contributed by atoms with Crippen molar-refractivity contribution in [3.8, 4) is 0 Å². The van der Waals surface area contributed by atoms with E-state index in [4.69, 9.17) is 0 Å². The zero-order chi connectivity index (χ0) is 17.3. The second-order valence-electron chi connectivity index (χ2n) is 8.69. The van der Waals surface area contributed by atoms with E-state index in [1.54, 1.807) is 44.5 Å². The molecule has 25 heavy (non-hydrogen) atoms. The molecule has 5 rings (SSSR count). The van der Waals surface area contributed by atoms with Gasteiger partial charge in [-0.05, 0) is 0 Å². The van der Waals surface area contributed by atoms with Crippen molar-refractivity contribution in [2.24, 2.45) is 0 Å². The first-order valence-electron chi connectivity index (χ1n) is 9.59. The molecule has 0 saturated heterocycles. The van der Waals surface area contributed by atoms with Gasteiger partial charge in [-0.1, -0.05) is 0 Å². The summed E-state index contributed by atoms with van der Waals surface area (Å²) < 4.78 is 6.92. The summed E-state index contributed by atoms with van der Waals surface area (Å²) in [6, 6.07) is 18.6. The third-order valence-corrected chi connectivity index (χ3v) is 23.2. The fraction of sp³-hybridized carbons (Fsp3) is 0.333. The molecule has 0 spiro atoms. The molecule has 0 radical (unpaired) electrons. The Morgan fingerprint density at radius 1 is 0.680 bits per heavy atom. The van der Waals surface area contributed by atoms with Crippen molar-refractivity contribution in [2.45, 2.75) is 43.4 Å². The number of hydrogen-bond acceptors (Lipinski definition) is 0. The van der Waals surface area contributed by atoms with E-state index >= 15 is 0 Å². The fourth-order valence-corrected chi connectivity index (χ4v) is 24.3. The molecule has 2 atom stereocenters. The summed E-state index contributed by atoms with van der Waals surface area (Å²) in [7, 11) is 0. The first-order valence-corrected chi connectivity index (χ1v) is 20.9. The van der Waals surface area contributed by atoms with Crippen LogP contribution in [0.1, 0.15) is 56.3 Å². The summed E-state index contributed by atoms with van der Waals surface area (Å²) in [6.45, 7) is 4.90. The van der Waals surface area contributed by atoms with E-state index in [-0.39, 0.29) is 0 Å². The number of hydrogen-bond donors (Lipinski definition) is 0. The second kappa shape index (κ2) is 5.39. The molecule has 0 fully saturated rings. The molecule has 126 valence electrons. The van der Waals surface area contributed by atoms with Crippen LogP contribution in [0.15, 0.2) is 59.7 Å². The molecule has 2 unspecified atom stereocenters. The summed E-state index contributed by atoms with van der Waals surface area (Å²) in [5.74, 6) is 0. The summed E-state index contributed by atoms with van der Waals surface area (Å²) in [5, 5.41) is 0. The Balaban J connectivity index is 1.80. The first kappa shape index (κ1) is 16.0. The van der Waals surface area contributed by atoms with Crippen LogP contribution < -0.4 is 0 Å². The molecule has 0 N–H and O–H groups in total. The average Bonchev–Trinajstić information content (AvgIpc) is 3.04. The van der Waals surface area contributed by atoms with Gasteiger partial charge in [0, 0.05) is 0 Å². The van der Waals surface area contributed by atoms with E-state index < -0.39 is 20.0 Å². The number of fused-ring (bicyclic) bond motifs is 8. The maximum absolute atomic E-state index is 2.72. The quantitative estimate of drug-likeness (QED) is 0.344.